The van der Waals surface area contributed by atoms with E-state index in [9.17, 15) is 22.4 Å². The number of sulfonamides is 1. The number of hydrogen-bond donors (Lipinski definition) is 1. The number of carbonyl (C=O) groups is 2. The minimum absolute atomic E-state index is 0.00279. The highest BCUT2D eigenvalue weighted by molar-refractivity contribution is 7.92. The summed E-state index contributed by atoms with van der Waals surface area (Å²) < 4.78 is 48.1. The first-order valence-electron chi connectivity index (χ1n) is 15.0. The Morgan fingerprint density at radius 2 is 1.64 bits per heavy atom. The maximum atomic E-state index is 14.3. The number of hydrogen-bond acceptors (Lipinski definition) is 5. The van der Waals surface area contributed by atoms with Gasteiger partial charge in [0.2, 0.25) is 11.8 Å². The summed E-state index contributed by atoms with van der Waals surface area (Å²) >= 11 is 6.48. The summed E-state index contributed by atoms with van der Waals surface area (Å²) in [6.07, 6.45) is 5.25. The molecule has 0 aliphatic heterocycles. The highest BCUT2D eigenvalue weighted by atomic mass is 35.5. The highest BCUT2D eigenvalue weighted by Gasteiger charge is 2.34. The van der Waals surface area contributed by atoms with Crippen molar-refractivity contribution >= 4 is 39.1 Å². The van der Waals surface area contributed by atoms with Crippen molar-refractivity contribution in [1.29, 1.82) is 0 Å². The SMILES string of the molecule is CCOc1ccc(N(CC(=O)N(Cc2ccccc2Cl)C(CC)C(=O)NC2CCCCC2)S(=O)(=O)c2ccc(F)cc2)cc1. The van der Waals surface area contributed by atoms with E-state index in [4.69, 9.17) is 16.3 Å². The van der Waals surface area contributed by atoms with Gasteiger partial charge in [0.05, 0.1) is 17.2 Å². The normalized spacial score (nSPS) is 14.5. The van der Waals surface area contributed by atoms with Gasteiger partial charge in [-0.1, -0.05) is 56.0 Å². The summed E-state index contributed by atoms with van der Waals surface area (Å²) in [5, 5.41) is 3.55. The van der Waals surface area contributed by atoms with Crippen LogP contribution in [0, 0.1) is 5.82 Å². The summed E-state index contributed by atoms with van der Waals surface area (Å²) in [5.41, 5.74) is 0.837. The van der Waals surface area contributed by atoms with Crippen LogP contribution in [-0.2, 0) is 26.2 Å². The van der Waals surface area contributed by atoms with Crippen molar-refractivity contribution in [2.45, 2.75) is 75.9 Å². The fourth-order valence-electron chi connectivity index (χ4n) is 5.41. The van der Waals surface area contributed by atoms with Crippen LogP contribution in [0.5, 0.6) is 5.75 Å². The minimum atomic E-state index is -4.33. The number of carbonyl (C=O) groups excluding carboxylic acids is 2. The summed E-state index contributed by atoms with van der Waals surface area (Å²) in [6, 6.07) is 16.9. The standard InChI is InChI=1S/C33H39ClFN3O5S/c1-3-31(33(40)36-26-11-6-5-7-12-26)37(22-24-10-8-9-13-30(24)34)32(39)23-38(27-16-18-28(19-17-27)43-4-2)44(41,42)29-20-14-25(35)15-21-29/h8-10,13-21,26,31H,3-7,11-12,22-23H2,1-2H3,(H,36,40). The third-order valence-electron chi connectivity index (χ3n) is 7.75. The van der Waals surface area contributed by atoms with Crippen molar-refractivity contribution in [2.24, 2.45) is 0 Å². The molecule has 0 saturated heterocycles. The fourth-order valence-corrected chi connectivity index (χ4v) is 7.02. The van der Waals surface area contributed by atoms with Crippen molar-refractivity contribution in [3.8, 4) is 5.75 Å². The van der Waals surface area contributed by atoms with Gasteiger partial charge in [-0.05, 0) is 86.3 Å². The van der Waals surface area contributed by atoms with E-state index in [0.717, 1.165) is 60.7 Å². The smallest absolute Gasteiger partial charge is 0.264 e. The molecular formula is C33H39ClFN3O5S. The van der Waals surface area contributed by atoms with Gasteiger partial charge in [-0.25, -0.2) is 12.8 Å². The van der Waals surface area contributed by atoms with E-state index < -0.39 is 34.3 Å². The van der Waals surface area contributed by atoms with Crippen LogP contribution in [-0.4, -0.2) is 50.4 Å². The van der Waals surface area contributed by atoms with Gasteiger partial charge in [-0.2, -0.15) is 0 Å². The van der Waals surface area contributed by atoms with Crippen LogP contribution in [0.3, 0.4) is 0 Å². The molecule has 0 bridgehead atoms. The van der Waals surface area contributed by atoms with Crippen LogP contribution in [0.1, 0.15) is 57.9 Å². The van der Waals surface area contributed by atoms with E-state index in [-0.39, 0.29) is 29.1 Å². The number of nitrogens with one attached hydrogen (secondary N) is 1. The van der Waals surface area contributed by atoms with Crippen molar-refractivity contribution in [1.82, 2.24) is 10.2 Å². The number of nitrogens with zero attached hydrogens (tertiary/aromatic N) is 2. The zero-order chi connectivity index (χ0) is 31.7. The van der Waals surface area contributed by atoms with Gasteiger partial charge in [-0.15, -0.1) is 0 Å². The lowest BCUT2D eigenvalue weighted by atomic mass is 9.95. The molecule has 236 valence electrons. The molecule has 0 radical (unpaired) electrons. The van der Waals surface area contributed by atoms with E-state index in [1.54, 1.807) is 48.5 Å². The first kappa shape index (κ1) is 33.3. The zero-order valence-corrected chi connectivity index (χ0v) is 26.6. The van der Waals surface area contributed by atoms with E-state index in [2.05, 4.69) is 5.32 Å². The number of halogens is 2. The molecule has 1 aliphatic carbocycles. The average Bonchev–Trinajstić information content (AvgIpc) is 3.02. The van der Waals surface area contributed by atoms with Crippen LogP contribution in [0.4, 0.5) is 10.1 Å². The Morgan fingerprint density at radius 3 is 2.25 bits per heavy atom. The first-order valence-corrected chi connectivity index (χ1v) is 16.8. The molecule has 8 nitrogen and oxygen atoms in total. The lowest BCUT2D eigenvalue weighted by molar-refractivity contribution is -0.140. The second-order valence-electron chi connectivity index (χ2n) is 10.8. The number of benzene rings is 3. The lowest BCUT2D eigenvalue weighted by Crippen LogP contribution is -2.54. The molecule has 4 rings (SSSR count). The van der Waals surface area contributed by atoms with E-state index in [0.29, 0.717) is 29.4 Å². The van der Waals surface area contributed by atoms with E-state index >= 15 is 0 Å². The highest BCUT2D eigenvalue weighted by Crippen LogP contribution is 2.28. The molecule has 3 aromatic rings. The number of amides is 2. The van der Waals surface area contributed by atoms with Crippen LogP contribution >= 0.6 is 11.6 Å². The number of anilines is 1. The van der Waals surface area contributed by atoms with Crippen molar-refractivity contribution in [3.05, 3.63) is 89.2 Å². The number of ether oxygens (including phenoxy) is 1. The molecule has 1 N–H and O–H groups in total. The molecule has 3 aromatic carbocycles. The summed E-state index contributed by atoms with van der Waals surface area (Å²) in [6.45, 7) is 3.47. The van der Waals surface area contributed by atoms with Crippen LogP contribution in [0.25, 0.3) is 0 Å². The Hall–Kier alpha value is -3.63. The van der Waals surface area contributed by atoms with E-state index in [1.807, 2.05) is 13.8 Å². The molecule has 1 fully saturated rings. The Morgan fingerprint density at radius 1 is 0.977 bits per heavy atom. The van der Waals surface area contributed by atoms with Gasteiger partial charge >= 0.3 is 0 Å². The Labute approximate surface area is 264 Å². The molecule has 11 heteroatoms. The fraction of sp³-hybridized carbons (Fsp3) is 0.394. The quantitative estimate of drug-likeness (QED) is 0.235. The number of rotatable bonds is 13. The summed E-state index contributed by atoms with van der Waals surface area (Å²) in [5.74, 6) is -0.926. The zero-order valence-electron chi connectivity index (χ0n) is 25.0. The molecule has 1 unspecified atom stereocenters. The molecule has 1 aliphatic rings. The van der Waals surface area contributed by atoms with Crippen LogP contribution in [0.15, 0.2) is 77.7 Å². The largest absolute Gasteiger partial charge is 0.494 e. The van der Waals surface area contributed by atoms with Gasteiger partial charge < -0.3 is 15.0 Å². The molecular weight excluding hydrogens is 605 g/mol. The van der Waals surface area contributed by atoms with Crippen LogP contribution < -0.4 is 14.4 Å². The third-order valence-corrected chi connectivity index (χ3v) is 9.91. The van der Waals surface area contributed by atoms with Gasteiger partial charge in [-0.3, -0.25) is 13.9 Å². The lowest BCUT2D eigenvalue weighted by Gasteiger charge is -2.34. The molecule has 0 spiro atoms. The van der Waals surface area contributed by atoms with Crippen molar-refractivity contribution < 1.29 is 27.1 Å². The Bertz CT molecular complexity index is 1510. The van der Waals surface area contributed by atoms with Gasteiger partial charge in [0.25, 0.3) is 10.0 Å². The van der Waals surface area contributed by atoms with Crippen molar-refractivity contribution in [2.75, 3.05) is 17.5 Å². The summed E-state index contributed by atoms with van der Waals surface area (Å²) in [7, 11) is -4.33. The van der Waals surface area contributed by atoms with Crippen LogP contribution in [0.2, 0.25) is 5.02 Å². The minimum Gasteiger partial charge on any atom is -0.494 e. The second-order valence-corrected chi connectivity index (χ2v) is 13.0. The Kier molecular flexibility index (Phi) is 11.6. The predicted molar refractivity (Wildman–Crippen MR) is 170 cm³/mol. The Balaban J connectivity index is 1.71. The summed E-state index contributed by atoms with van der Waals surface area (Å²) in [4.78, 5) is 29.1. The maximum Gasteiger partial charge on any atom is 0.264 e. The van der Waals surface area contributed by atoms with E-state index in [1.165, 1.54) is 4.90 Å². The predicted octanol–water partition coefficient (Wildman–Crippen LogP) is 6.33. The average molecular weight is 644 g/mol. The molecule has 2 amide bonds. The van der Waals surface area contributed by atoms with Crippen molar-refractivity contribution in [3.63, 3.8) is 0 Å². The maximum absolute atomic E-state index is 14.3. The first-order chi connectivity index (χ1) is 21.1. The monoisotopic (exact) mass is 643 g/mol. The molecule has 0 aromatic heterocycles. The van der Waals surface area contributed by atoms with Gasteiger partial charge in [0.15, 0.2) is 0 Å². The molecule has 1 saturated carbocycles. The molecule has 0 heterocycles. The van der Waals surface area contributed by atoms with Gasteiger partial charge in [0, 0.05) is 17.6 Å². The van der Waals surface area contributed by atoms with Gasteiger partial charge in [0.1, 0.15) is 24.2 Å². The topological polar surface area (TPSA) is 96.0 Å². The third kappa shape index (κ3) is 8.30. The molecule has 44 heavy (non-hydrogen) atoms. The molecule has 1 atom stereocenters. The second kappa shape index (κ2) is 15.4.